The third-order valence-corrected chi connectivity index (χ3v) is 4.37. The number of nitrogens with zero attached hydrogens (tertiary/aromatic N) is 2. The zero-order valence-electron chi connectivity index (χ0n) is 13.5. The van der Waals surface area contributed by atoms with Crippen LogP contribution in [0.5, 0.6) is 5.88 Å². The molecule has 1 heterocycles. The first-order chi connectivity index (χ1) is 12.5. The number of carbonyl (C=O) groups excluding carboxylic acids is 1. The number of amides is 1. The fourth-order valence-electron chi connectivity index (χ4n) is 2.37. The Morgan fingerprint density at radius 3 is 2.58 bits per heavy atom. The van der Waals surface area contributed by atoms with Crippen LogP contribution in [0.25, 0.3) is 10.9 Å². The van der Waals surface area contributed by atoms with Gasteiger partial charge in [0.1, 0.15) is 6.33 Å². The average molecular weight is 411 g/mol. The number of fused-ring (bicyclic) bond motifs is 1. The van der Waals surface area contributed by atoms with Gasteiger partial charge in [-0.05, 0) is 36.2 Å². The molecular formula is C18H14Cl3N3O2. The van der Waals surface area contributed by atoms with Crippen LogP contribution >= 0.6 is 34.8 Å². The van der Waals surface area contributed by atoms with Gasteiger partial charge in [-0.1, -0.05) is 46.9 Å². The smallest absolute Gasteiger partial charge is 0.258 e. The molecule has 3 rings (SSSR count). The molecule has 0 aliphatic carbocycles. The molecule has 0 aliphatic heterocycles. The van der Waals surface area contributed by atoms with Crippen molar-refractivity contribution in [2.75, 3.05) is 13.2 Å². The molecule has 0 aliphatic rings. The summed E-state index contributed by atoms with van der Waals surface area (Å²) in [7, 11) is 0. The van der Waals surface area contributed by atoms with E-state index >= 15 is 0 Å². The first kappa shape index (κ1) is 18.7. The molecule has 0 saturated heterocycles. The predicted octanol–water partition coefficient (Wildman–Crippen LogP) is 4.33. The summed E-state index contributed by atoms with van der Waals surface area (Å²) in [6, 6.07) is 10.7. The van der Waals surface area contributed by atoms with Crippen LogP contribution in [0.15, 0.2) is 42.7 Å². The van der Waals surface area contributed by atoms with E-state index < -0.39 is 0 Å². The van der Waals surface area contributed by atoms with Crippen LogP contribution in [0.2, 0.25) is 15.1 Å². The highest BCUT2D eigenvalue weighted by molar-refractivity contribution is 6.38. The van der Waals surface area contributed by atoms with Crippen molar-refractivity contribution >= 4 is 51.6 Å². The molecule has 0 radical (unpaired) electrons. The number of aromatic nitrogens is 2. The highest BCUT2D eigenvalue weighted by atomic mass is 35.5. The molecule has 0 atom stereocenters. The number of hydrogen-bond donors (Lipinski definition) is 1. The molecule has 5 nitrogen and oxygen atoms in total. The lowest BCUT2D eigenvalue weighted by Gasteiger charge is -2.09. The molecule has 8 heteroatoms. The van der Waals surface area contributed by atoms with Gasteiger partial charge in [0.15, 0.2) is 6.61 Å². The minimum Gasteiger partial charge on any atom is -0.467 e. The Morgan fingerprint density at radius 2 is 1.81 bits per heavy atom. The number of hydrogen-bond acceptors (Lipinski definition) is 4. The van der Waals surface area contributed by atoms with Crippen molar-refractivity contribution in [3.8, 4) is 5.88 Å². The van der Waals surface area contributed by atoms with Crippen LogP contribution in [-0.2, 0) is 11.2 Å². The van der Waals surface area contributed by atoms with Gasteiger partial charge >= 0.3 is 0 Å². The largest absolute Gasteiger partial charge is 0.467 e. The number of ether oxygens (including phenoxy) is 1. The van der Waals surface area contributed by atoms with Crippen molar-refractivity contribution in [1.82, 2.24) is 15.3 Å². The summed E-state index contributed by atoms with van der Waals surface area (Å²) >= 11 is 18.0. The molecule has 0 bridgehead atoms. The summed E-state index contributed by atoms with van der Waals surface area (Å²) < 4.78 is 5.51. The van der Waals surface area contributed by atoms with Crippen molar-refractivity contribution in [2.45, 2.75) is 6.42 Å². The minimum atomic E-state index is -0.251. The van der Waals surface area contributed by atoms with E-state index in [1.807, 2.05) is 24.3 Å². The maximum absolute atomic E-state index is 12.0. The van der Waals surface area contributed by atoms with E-state index in [0.717, 1.165) is 5.56 Å². The van der Waals surface area contributed by atoms with Crippen LogP contribution in [-0.4, -0.2) is 29.0 Å². The molecule has 26 heavy (non-hydrogen) atoms. The molecule has 1 aromatic heterocycles. The van der Waals surface area contributed by atoms with E-state index in [0.29, 0.717) is 38.9 Å². The standard InChI is InChI=1S/C18H14Cl3N3O2/c19-12-3-1-11(2-4-12)5-6-22-16(25)9-26-18-14-7-13(20)8-15(21)17(14)23-10-24-18/h1-4,7-8,10H,5-6,9H2,(H,22,25). The second kappa shape index (κ2) is 8.54. The number of carbonyl (C=O) groups is 1. The lowest BCUT2D eigenvalue weighted by molar-refractivity contribution is -0.123. The van der Waals surface area contributed by atoms with Crippen LogP contribution in [0.4, 0.5) is 0 Å². The molecular weight excluding hydrogens is 397 g/mol. The van der Waals surface area contributed by atoms with Crippen molar-refractivity contribution in [1.29, 1.82) is 0 Å². The molecule has 0 unspecified atom stereocenters. The van der Waals surface area contributed by atoms with Gasteiger partial charge in [0.25, 0.3) is 5.91 Å². The van der Waals surface area contributed by atoms with Gasteiger partial charge in [-0.2, -0.15) is 0 Å². The third-order valence-electron chi connectivity index (χ3n) is 3.61. The fourth-order valence-corrected chi connectivity index (χ4v) is 3.03. The molecule has 1 amide bonds. The molecule has 0 saturated carbocycles. The van der Waals surface area contributed by atoms with Crippen LogP contribution in [0.3, 0.4) is 0 Å². The molecule has 3 aromatic rings. The van der Waals surface area contributed by atoms with Crippen LogP contribution in [0.1, 0.15) is 5.56 Å². The van der Waals surface area contributed by atoms with Gasteiger partial charge in [-0.15, -0.1) is 0 Å². The highest BCUT2D eigenvalue weighted by Gasteiger charge is 2.11. The lowest BCUT2D eigenvalue weighted by Crippen LogP contribution is -2.30. The summed E-state index contributed by atoms with van der Waals surface area (Å²) in [6.45, 7) is 0.322. The van der Waals surface area contributed by atoms with E-state index in [1.54, 1.807) is 12.1 Å². The van der Waals surface area contributed by atoms with Gasteiger partial charge in [-0.25, -0.2) is 9.97 Å². The van der Waals surface area contributed by atoms with Crippen molar-refractivity contribution in [3.05, 3.63) is 63.4 Å². The van der Waals surface area contributed by atoms with Gasteiger partial charge in [0.2, 0.25) is 5.88 Å². The second-order valence-corrected chi connectivity index (χ2v) is 6.76. The molecule has 0 spiro atoms. The second-order valence-electron chi connectivity index (χ2n) is 5.48. The highest BCUT2D eigenvalue weighted by Crippen LogP contribution is 2.30. The zero-order chi connectivity index (χ0) is 18.5. The number of rotatable bonds is 6. The van der Waals surface area contributed by atoms with Gasteiger partial charge in [0.05, 0.1) is 15.9 Å². The van der Waals surface area contributed by atoms with Crippen molar-refractivity contribution in [2.24, 2.45) is 0 Å². The summed E-state index contributed by atoms with van der Waals surface area (Å²) in [4.78, 5) is 20.1. The Bertz CT molecular complexity index is 933. The SMILES string of the molecule is O=C(COc1ncnc2c(Cl)cc(Cl)cc12)NCCc1ccc(Cl)cc1. The van der Waals surface area contributed by atoms with Gasteiger partial charge < -0.3 is 10.1 Å². The van der Waals surface area contributed by atoms with Crippen molar-refractivity contribution in [3.63, 3.8) is 0 Å². The van der Waals surface area contributed by atoms with Crippen LogP contribution < -0.4 is 10.1 Å². The van der Waals surface area contributed by atoms with Gasteiger partial charge in [-0.3, -0.25) is 4.79 Å². The van der Waals surface area contributed by atoms with E-state index in [4.69, 9.17) is 39.5 Å². The predicted molar refractivity (Wildman–Crippen MR) is 103 cm³/mol. The summed E-state index contributed by atoms with van der Waals surface area (Å²) in [5.41, 5.74) is 1.60. The maximum atomic E-state index is 12.0. The number of halogens is 3. The first-order valence-corrected chi connectivity index (χ1v) is 8.90. The van der Waals surface area contributed by atoms with E-state index in [1.165, 1.54) is 6.33 Å². The topological polar surface area (TPSA) is 64.1 Å². The van der Waals surface area contributed by atoms with E-state index in [2.05, 4.69) is 15.3 Å². The first-order valence-electron chi connectivity index (χ1n) is 7.76. The Morgan fingerprint density at radius 1 is 1.04 bits per heavy atom. The summed E-state index contributed by atoms with van der Waals surface area (Å²) in [6.07, 6.45) is 2.03. The van der Waals surface area contributed by atoms with E-state index in [-0.39, 0.29) is 18.4 Å². The Kier molecular flexibility index (Phi) is 6.14. The quantitative estimate of drug-likeness (QED) is 0.657. The number of benzene rings is 2. The Hall–Kier alpha value is -2.08. The minimum absolute atomic E-state index is 0.170. The fraction of sp³-hybridized carbons (Fsp3) is 0.167. The molecule has 0 fully saturated rings. The maximum Gasteiger partial charge on any atom is 0.258 e. The van der Waals surface area contributed by atoms with Crippen LogP contribution in [0, 0.1) is 0 Å². The summed E-state index contributed by atoms with van der Waals surface area (Å²) in [5.74, 6) is 0.00565. The number of nitrogens with one attached hydrogen (secondary N) is 1. The third kappa shape index (κ3) is 4.75. The molecule has 134 valence electrons. The monoisotopic (exact) mass is 409 g/mol. The average Bonchev–Trinajstić information content (AvgIpc) is 2.61. The Labute approximate surface area is 165 Å². The van der Waals surface area contributed by atoms with Gasteiger partial charge in [0, 0.05) is 16.6 Å². The van der Waals surface area contributed by atoms with E-state index in [9.17, 15) is 4.79 Å². The zero-order valence-corrected chi connectivity index (χ0v) is 15.8. The normalized spacial score (nSPS) is 10.7. The molecule has 2 aromatic carbocycles. The van der Waals surface area contributed by atoms with Crippen molar-refractivity contribution < 1.29 is 9.53 Å². The summed E-state index contributed by atoms with van der Waals surface area (Å²) in [5, 5.41) is 4.87. The molecule has 1 N–H and O–H groups in total. The lowest BCUT2D eigenvalue weighted by atomic mass is 10.1. The Balaban J connectivity index is 1.56.